The maximum absolute atomic E-state index is 5.82. The lowest BCUT2D eigenvalue weighted by Crippen LogP contribution is -2.46. The second kappa shape index (κ2) is 7.62. The van der Waals surface area contributed by atoms with Gasteiger partial charge in [0.05, 0.1) is 18.8 Å². The topological polar surface area (TPSA) is 33.7 Å². The summed E-state index contributed by atoms with van der Waals surface area (Å²) in [7, 11) is 1.73. The standard InChI is InChI=1S/C16H26N2O2/c1-13-11-18(12-14(2)20-13)16-7-5-4-6-15(16)10-17-8-9-19-3/h4-7,13-14,17H,8-12H2,1-3H3/t13-,14+. The van der Waals surface area contributed by atoms with Gasteiger partial charge in [-0.2, -0.15) is 0 Å². The van der Waals surface area contributed by atoms with Crippen LogP contribution in [0, 0.1) is 0 Å². The second-order valence-electron chi connectivity index (χ2n) is 5.46. The van der Waals surface area contributed by atoms with Gasteiger partial charge in [0.2, 0.25) is 0 Å². The van der Waals surface area contributed by atoms with Gasteiger partial charge in [0.15, 0.2) is 0 Å². The van der Waals surface area contributed by atoms with E-state index in [-0.39, 0.29) is 12.2 Å². The second-order valence-corrected chi connectivity index (χ2v) is 5.46. The molecule has 20 heavy (non-hydrogen) atoms. The number of methoxy groups -OCH3 is 1. The van der Waals surface area contributed by atoms with Crippen LogP contribution in [-0.2, 0) is 16.0 Å². The zero-order chi connectivity index (χ0) is 14.4. The number of anilines is 1. The van der Waals surface area contributed by atoms with E-state index in [0.29, 0.717) is 0 Å². The summed E-state index contributed by atoms with van der Waals surface area (Å²) in [6, 6.07) is 8.61. The molecule has 0 aliphatic carbocycles. The van der Waals surface area contributed by atoms with Crippen LogP contribution in [0.1, 0.15) is 19.4 Å². The molecular formula is C16H26N2O2. The van der Waals surface area contributed by atoms with E-state index < -0.39 is 0 Å². The quantitative estimate of drug-likeness (QED) is 0.807. The molecule has 0 radical (unpaired) electrons. The summed E-state index contributed by atoms with van der Waals surface area (Å²) in [5.74, 6) is 0. The van der Waals surface area contributed by atoms with Gasteiger partial charge in [0.25, 0.3) is 0 Å². The number of nitrogens with zero attached hydrogens (tertiary/aromatic N) is 1. The van der Waals surface area contributed by atoms with Crippen LogP contribution in [0.3, 0.4) is 0 Å². The Morgan fingerprint density at radius 2 is 1.95 bits per heavy atom. The SMILES string of the molecule is COCCNCc1ccccc1N1C[C@@H](C)O[C@@H](C)C1. The number of morpholine rings is 1. The Morgan fingerprint density at radius 3 is 2.65 bits per heavy atom. The Balaban J connectivity index is 2.03. The highest BCUT2D eigenvalue weighted by molar-refractivity contribution is 5.54. The van der Waals surface area contributed by atoms with Crippen LogP contribution in [0.5, 0.6) is 0 Å². The molecule has 0 unspecified atom stereocenters. The van der Waals surface area contributed by atoms with Crippen LogP contribution >= 0.6 is 0 Å². The number of benzene rings is 1. The number of nitrogens with one attached hydrogen (secondary N) is 1. The molecule has 0 saturated carbocycles. The van der Waals surface area contributed by atoms with Gasteiger partial charge >= 0.3 is 0 Å². The van der Waals surface area contributed by atoms with Crippen molar-refractivity contribution in [1.82, 2.24) is 5.32 Å². The molecule has 1 aromatic rings. The third-order valence-corrected chi connectivity index (χ3v) is 3.55. The van der Waals surface area contributed by atoms with Crippen LogP contribution in [-0.4, -0.2) is 45.6 Å². The Kier molecular flexibility index (Phi) is 5.83. The third-order valence-electron chi connectivity index (χ3n) is 3.55. The van der Waals surface area contributed by atoms with Gasteiger partial charge in [-0.05, 0) is 25.5 Å². The van der Waals surface area contributed by atoms with E-state index in [0.717, 1.165) is 32.8 Å². The zero-order valence-corrected chi connectivity index (χ0v) is 12.8. The normalized spacial score (nSPS) is 23.1. The molecule has 1 heterocycles. The average molecular weight is 278 g/mol. The summed E-state index contributed by atoms with van der Waals surface area (Å²) < 4.78 is 10.9. The molecule has 0 spiro atoms. The summed E-state index contributed by atoms with van der Waals surface area (Å²) in [5, 5.41) is 3.42. The molecule has 0 aromatic heterocycles. The fourth-order valence-electron chi connectivity index (χ4n) is 2.74. The molecule has 1 fully saturated rings. The minimum Gasteiger partial charge on any atom is -0.383 e. The van der Waals surface area contributed by atoms with Gasteiger partial charge in [-0.3, -0.25) is 0 Å². The molecule has 2 atom stereocenters. The predicted molar refractivity (Wildman–Crippen MR) is 82.2 cm³/mol. The minimum absolute atomic E-state index is 0.285. The Hall–Kier alpha value is -1.10. The van der Waals surface area contributed by atoms with E-state index in [4.69, 9.17) is 9.47 Å². The molecule has 4 nitrogen and oxygen atoms in total. The van der Waals surface area contributed by atoms with Crippen molar-refractivity contribution >= 4 is 5.69 Å². The van der Waals surface area contributed by atoms with Crippen molar-refractivity contribution in [2.75, 3.05) is 38.3 Å². The molecular weight excluding hydrogens is 252 g/mol. The van der Waals surface area contributed by atoms with Crippen molar-refractivity contribution in [2.45, 2.75) is 32.6 Å². The lowest BCUT2D eigenvalue weighted by atomic mass is 10.1. The van der Waals surface area contributed by atoms with Crippen molar-refractivity contribution in [3.05, 3.63) is 29.8 Å². The fraction of sp³-hybridized carbons (Fsp3) is 0.625. The first kappa shape index (κ1) is 15.3. The van der Waals surface area contributed by atoms with Crippen LogP contribution in [0.4, 0.5) is 5.69 Å². The average Bonchev–Trinajstić information content (AvgIpc) is 2.43. The Bertz CT molecular complexity index is 401. The van der Waals surface area contributed by atoms with Crippen molar-refractivity contribution in [1.29, 1.82) is 0 Å². The monoisotopic (exact) mass is 278 g/mol. The van der Waals surface area contributed by atoms with Crippen molar-refractivity contribution in [3.8, 4) is 0 Å². The van der Waals surface area contributed by atoms with Gasteiger partial charge < -0.3 is 19.7 Å². The molecule has 1 N–H and O–H groups in total. The van der Waals surface area contributed by atoms with Crippen LogP contribution in [0.25, 0.3) is 0 Å². The molecule has 0 amide bonds. The van der Waals surface area contributed by atoms with E-state index in [1.165, 1.54) is 11.3 Å². The van der Waals surface area contributed by atoms with E-state index in [2.05, 4.69) is 48.3 Å². The maximum Gasteiger partial charge on any atom is 0.0726 e. The summed E-state index contributed by atoms with van der Waals surface area (Å²) in [5.41, 5.74) is 2.66. The molecule has 2 rings (SSSR count). The molecule has 0 bridgehead atoms. The highest BCUT2D eigenvalue weighted by Gasteiger charge is 2.23. The molecule has 112 valence electrons. The van der Waals surface area contributed by atoms with Crippen molar-refractivity contribution in [3.63, 3.8) is 0 Å². The van der Waals surface area contributed by atoms with E-state index in [1.807, 2.05) is 0 Å². The maximum atomic E-state index is 5.82. The van der Waals surface area contributed by atoms with Gasteiger partial charge in [-0.25, -0.2) is 0 Å². The zero-order valence-electron chi connectivity index (χ0n) is 12.8. The van der Waals surface area contributed by atoms with E-state index in [1.54, 1.807) is 7.11 Å². The van der Waals surface area contributed by atoms with Crippen LogP contribution < -0.4 is 10.2 Å². The molecule has 1 aliphatic rings. The molecule has 4 heteroatoms. The predicted octanol–water partition coefficient (Wildman–Crippen LogP) is 2.04. The van der Waals surface area contributed by atoms with Gasteiger partial charge in [-0.15, -0.1) is 0 Å². The first-order chi connectivity index (χ1) is 9.70. The summed E-state index contributed by atoms with van der Waals surface area (Å²) in [6.07, 6.45) is 0.571. The fourth-order valence-corrected chi connectivity index (χ4v) is 2.74. The molecule has 1 aliphatic heterocycles. The van der Waals surface area contributed by atoms with Crippen molar-refractivity contribution < 1.29 is 9.47 Å². The first-order valence-corrected chi connectivity index (χ1v) is 7.38. The number of hydrogen-bond donors (Lipinski definition) is 1. The lowest BCUT2D eigenvalue weighted by Gasteiger charge is -2.37. The van der Waals surface area contributed by atoms with Gasteiger partial charge in [-0.1, -0.05) is 18.2 Å². The highest BCUT2D eigenvalue weighted by Crippen LogP contribution is 2.24. The van der Waals surface area contributed by atoms with Crippen molar-refractivity contribution in [2.24, 2.45) is 0 Å². The van der Waals surface area contributed by atoms with E-state index in [9.17, 15) is 0 Å². The molecule has 1 aromatic carbocycles. The smallest absolute Gasteiger partial charge is 0.0726 e. The summed E-state index contributed by atoms with van der Waals surface area (Å²) >= 11 is 0. The number of rotatable bonds is 6. The van der Waals surface area contributed by atoms with Gasteiger partial charge in [0.1, 0.15) is 0 Å². The third kappa shape index (κ3) is 4.20. The van der Waals surface area contributed by atoms with Gasteiger partial charge in [0, 0.05) is 39.0 Å². The summed E-state index contributed by atoms with van der Waals surface area (Å²) in [6.45, 7) is 8.69. The number of ether oxygens (including phenoxy) is 2. The highest BCUT2D eigenvalue weighted by atomic mass is 16.5. The number of hydrogen-bond acceptors (Lipinski definition) is 4. The van der Waals surface area contributed by atoms with Crippen LogP contribution in [0.15, 0.2) is 24.3 Å². The van der Waals surface area contributed by atoms with E-state index >= 15 is 0 Å². The first-order valence-electron chi connectivity index (χ1n) is 7.38. The summed E-state index contributed by atoms with van der Waals surface area (Å²) in [4.78, 5) is 2.44. The minimum atomic E-state index is 0.285. The number of para-hydroxylation sites is 1. The lowest BCUT2D eigenvalue weighted by molar-refractivity contribution is -0.00526. The molecule has 1 saturated heterocycles. The Morgan fingerprint density at radius 1 is 1.25 bits per heavy atom. The largest absolute Gasteiger partial charge is 0.383 e. The van der Waals surface area contributed by atoms with Crippen LogP contribution in [0.2, 0.25) is 0 Å². The Labute approximate surface area is 122 Å².